The number of sulfone groups is 1. The zero-order valence-electron chi connectivity index (χ0n) is 20.5. The number of hydrazine groups is 1. The standard InChI is InChI=1S/C23H24N6O7S3/c1-39(34,35)20(21-27-26-19(36-21)11-24-28-38(32)33)22-25-17-6-5-14(10-18(17)37-22)13-3-2-4-15(9-13)23(31)29-8-7-16(30)12-29/h2-6,9-10,16,20,24,28,30H,7-8,11-12H2,1H3,(H,32,33)/t16-,20?/m0/s1. The molecule has 206 valence electrons. The molecule has 5 rings (SSSR count). The largest absolute Gasteiger partial charge is 0.422 e. The Morgan fingerprint density at radius 1 is 1.26 bits per heavy atom. The monoisotopic (exact) mass is 592 g/mol. The summed E-state index contributed by atoms with van der Waals surface area (Å²) in [6.45, 7) is 0.720. The van der Waals surface area contributed by atoms with Crippen LogP contribution in [0.15, 0.2) is 46.9 Å². The van der Waals surface area contributed by atoms with Crippen molar-refractivity contribution in [1.29, 1.82) is 0 Å². The average molecular weight is 593 g/mol. The average Bonchev–Trinajstić information content (AvgIpc) is 3.62. The van der Waals surface area contributed by atoms with Crippen molar-refractivity contribution in [3.8, 4) is 11.1 Å². The third-order valence-corrected chi connectivity index (χ3v) is 8.89. The molecule has 13 nitrogen and oxygen atoms in total. The second kappa shape index (κ2) is 11.2. The quantitative estimate of drug-likeness (QED) is 0.163. The number of thiazole rings is 1. The summed E-state index contributed by atoms with van der Waals surface area (Å²) in [7, 11) is -3.76. The molecule has 0 spiro atoms. The highest BCUT2D eigenvalue weighted by molar-refractivity contribution is 7.91. The number of amides is 1. The maximum absolute atomic E-state index is 12.9. The minimum Gasteiger partial charge on any atom is -0.422 e. The summed E-state index contributed by atoms with van der Waals surface area (Å²) in [5.74, 6) is -0.296. The molecule has 16 heteroatoms. The fourth-order valence-corrected chi connectivity index (χ4v) is 6.99. The van der Waals surface area contributed by atoms with Crippen LogP contribution in [-0.4, -0.2) is 73.7 Å². The molecule has 0 saturated carbocycles. The number of aliphatic hydroxyl groups is 1. The third-order valence-electron chi connectivity index (χ3n) is 6.06. The predicted octanol–water partition coefficient (Wildman–Crippen LogP) is 1.42. The molecule has 2 aromatic carbocycles. The number of rotatable bonds is 9. The summed E-state index contributed by atoms with van der Waals surface area (Å²) in [5.41, 5.74) is 5.15. The smallest absolute Gasteiger partial charge is 0.253 e. The Bertz CT molecular complexity index is 1650. The van der Waals surface area contributed by atoms with Gasteiger partial charge in [0.1, 0.15) is 5.01 Å². The topological polar surface area (TPSA) is 188 Å². The van der Waals surface area contributed by atoms with Crippen molar-refractivity contribution in [3.63, 3.8) is 0 Å². The number of likely N-dealkylation sites (tertiary alicyclic amines) is 1. The highest BCUT2D eigenvalue weighted by atomic mass is 32.2. The van der Waals surface area contributed by atoms with Gasteiger partial charge in [-0.2, -0.15) is 4.83 Å². The number of β-amino-alcohol motifs (C(OH)–C–C–N with tert-alkyl or cyclic N) is 1. The van der Waals surface area contributed by atoms with Gasteiger partial charge in [-0.3, -0.25) is 9.35 Å². The van der Waals surface area contributed by atoms with E-state index in [4.69, 9.17) is 8.97 Å². The van der Waals surface area contributed by atoms with Crippen LogP contribution in [0.25, 0.3) is 21.3 Å². The lowest BCUT2D eigenvalue weighted by Crippen LogP contribution is -2.32. The maximum Gasteiger partial charge on any atom is 0.253 e. The Morgan fingerprint density at radius 3 is 2.77 bits per heavy atom. The van der Waals surface area contributed by atoms with Gasteiger partial charge >= 0.3 is 0 Å². The van der Waals surface area contributed by atoms with E-state index in [0.29, 0.717) is 30.6 Å². The zero-order chi connectivity index (χ0) is 27.7. The van der Waals surface area contributed by atoms with Crippen molar-refractivity contribution >= 4 is 48.6 Å². The van der Waals surface area contributed by atoms with Crippen molar-refractivity contribution < 1.29 is 31.5 Å². The van der Waals surface area contributed by atoms with Crippen molar-refractivity contribution in [2.45, 2.75) is 24.3 Å². The van der Waals surface area contributed by atoms with Gasteiger partial charge in [-0.25, -0.2) is 23.0 Å². The molecule has 0 bridgehead atoms. The van der Waals surface area contributed by atoms with E-state index < -0.39 is 32.5 Å². The van der Waals surface area contributed by atoms with E-state index in [1.807, 2.05) is 23.0 Å². The molecule has 1 aliphatic heterocycles. The lowest BCUT2D eigenvalue weighted by Gasteiger charge is -2.16. The van der Waals surface area contributed by atoms with E-state index in [9.17, 15) is 22.5 Å². The van der Waals surface area contributed by atoms with Gasteiger partial charge in [-0.05, 0) is 41.8 Å². The Kier molecular flexibility index (Phi) is 7.86. The molecule has 0 aliphatic carbocycles. The fourth-order valence-electron chi connectivity index (χ4n) is 4.26. The van der Waals surface area contributed by atoms with E-state index in [0.717, 1.165) is 22.1 Å². The number of carbonyl (C=O) groups excluding carboxylic acids is 1. The summed E-state index contributed by atoms with van der Waals surface area (Å²) in [6, 6.07) is 12.7. The molecule has 1 amide bonds. The normalized spacial score (nSPS) is 17.5. The molecule has 39 heavy (non-hydrogen) atoms. The van der Waals surface area contributed by atoms with Crippen LogP contribution in [0, 0.1) is 0 Å². The van der Waals surface area contributed by atoms with Gasteiger partial charge in [0.25, 0.3) is 5.91 Å². The Balaban J connectivity index is 1.42. The molecule has 4 aromatic rings. The lowest BCUT2D eigenvalue weighted by atomic mass is 10.0. The van der Waals surface area contributed by atoms with E-state index in [-0.39, 0.29) is 29.2 Å². The molecule has 3 heterocycles. The molecular formula is C23H24N6O7S3. The highest BCUT2D eigenvalue weighted by Crippen LogP contribution is 2.36. The van der Waals surface area contributed by atoms with Crippen molar-refractivity contribution in [2.75, 3.05) is 19.3 Å². The van der Waals surface area contributed by atoms with Crippen LogP contribution in [0.4, 0.5) is 0 Å². The molecule has 2 unspecified atom stereocenters. The number of nitrogens with one attached hydrogen (secondary N) is 2. The highest BCUT2D eigenvalue weighted by Gasteiger charge is 2.34. The molecule has 1 fully saturated rings. The fraction of sp³-hybridized carbons (Fsp3) is 0.304. The summed E-state index contributed by atoms with van der Waals surface area (Å²) >= 11 is -1.12. The van der Waals surface area contributed by atoms with Crippen molar-refractivity contribution in [2.24, 2.45) is 0 Å². The van der Waals surface area contributed by atoms with Gasteiger partial charge in [0.15, 0.2) is 15.1 Å². The summed E-state index contributed by atoms with van der Waals surface area (Å²) < 4.78 is 51.1. The van der Waals surface area contributed by atoms with Gasteiger partial charge in [-0.15, -0.1) is 21.5 Å². The molecule has 4 N–H and O–H groups in total. The molecule has 0 radical (unpaired) electrons. The van der Waals surface area contributed by atoms with Crippen LogP contribution in [0.3, 0.4) is 0 Å². The molecule has 1 aliphatic rings. The molecular weight excluding hydrogens is 568 g/mol. The SMILES string of the molecule is CS(=O)(=O)C(c1nnc(CNNS(=O)O)o1)c1nc2ccc(-c3cccc(C(=O)N4CC[C@H](O)C4)c3)cc2s1. The van der Waals surface area contributed by atoms with Gasteiger partial charge in [0.2, 0.25) is 23.0 Å². The van der Waals surface area contributed by atoms with Crippen LogP contribution >= 0.6 is 11.3 Å². The van der Waals surface area contributed by atoms with Crippen LogP contribution in [0.2, 0.25) is 0 Å². The summed E-state index contributed by atoms with van der Waals surface area (Å²) in [5, 5.41) is 16.4. The zero-order valence-corrected chi connectivity index (χ0v) is 22.9. The van der Waals surface area contributed by atoms with Crippen LogP contribution in [-0.2, 0) is 27.6 Å². The summed E-state index contributed by atoms with van der Waals surface area (Å²) in [6.07, 6.45) is 1.12. The van der Waals surface area contributed by atoms with Gasteiger partial charge in [-0.1, -0.05) is 18.2 Å². The first kappa shape index (κ1) is 27.4. The van der Waals surface area contributed by atoms with Gasteiger partial charge in [0.05, 0.1) is 22.9 Å². The van der Waals surface area contributed by atoms with Crippen LogP contribution in [0.5, 0.6) is 0 Å². The Hall–Kier alpha value is -3.12. The second-order valence-electron chi connectivity index (χ2n) is 8.96. The summed E-state index contributed by atoms with van der Waals surface area (Å²) in [4.78, 5) is 21.1. The Labute approximate surface area is 229 Å². The number of hydrogen-bond acceptors (Lipinski definition) is 11. The third kappa shape index (κ3) is 6.22. The number of hydrogen-bond donors (Lipinski definition) is 4. The minimum atomic E-state index is -3.76. The van der Waals surface area contributed by atoms with E-state index in [1.54, 1.807) is 29.2 Å². The minimum absolute atomic E-state index is 0.0119. The van der Waals surface area contributed by atoms with E-state index >= 15 is 0 Å². The molecule has 3 atom stereocenters. The first-order valence-electron chi connectivity index (χ1n) is 11.7. The number of aromatic nitrogens is 3. The van der Waals surface area contributed by atoms with Gasteiger partial charge in [0, 0.05) is 24.9 Å². The first-order chi connectivity index (χ1) is 18.6. The number of aliphatic hydroxyl groups excluding tert-OH is 1. The first-order valence-corrected chi connectivity index (χ1v) is 15.5. The van der Waals surface area contributed by atoms with E-state index in [1.165, 1.54) is 11.3 Å². The Morgan fingerprint density at radius 2 is 2.05 bits per heavy atom. The number of fused-ring (bicyclic) bond motifs is 1. The van der Waals surface area contributed by atoms with Crippen molar-refractivity contribution in [3.05, 3.63) is 64.8 Å². The predicted molar refractivity (Wildman–Crippen MR) is 143 cm³/mol. The van der Waals surface area contributed by atoms with Crippen LogP contribution in [0.1, 0.15) is 38.8 Å². The maximum atomic E-state index is 12.9. The van der Waals surface area contributed by atoms with Crippen LogP contribution < -0.4 is 10.3 Å². The number of benzene rings is 2. The van der Waals surface area contributed by atoms with Gasteiger partial charge < -0.3 is 14.4 Å². The number of carbonyl (C=O) groups is 1. The second-order valence-corrected chi connectivity index (χ2v) is 12.9. The lowest BCUT2D eigenvalue weighted by molar-refractivity contribution is 0.0765. The molecule has 2 aromatic heterocycles. The van der Waals surface area contributed by atoms with E-state index in [2.05, 4.69) is 20.6 Å². The number of nitrogens with zero attached hydrogens (tertiary/aromatic N) is 4. The van der Waals surface area contributed by atoms with Crippen molar-refractivity contribution in [1.82, 2.24) is 30.3 Å². The molecule has 1 saturated heterocycles.